The lowest BCUT2D eigenvalue weighted by atomic mass is 9.61. The van der Waals surface area contributed by atoms with Crippen molar-refractivity contribution in [3.63, 3.8) is 0 Å². The van der Waals surface area contributed by atoms with Gasteiger partial charge in [0, 0.05) is 17.2 Å². The molecule has 3 atom stereocenters. The number of hydrogen-bond acceptors (Lipinski definition) is 6. The number of nitrogens with one attached hydrogen (secondary N) is 1. The van der Waals surface area contributed by atoms with Gasteiger partial charge in [0.25, 0.3) is 0 Å². The van der Waals surface area contributed by atoms with Crippen molar-refractivity contribution in [3.05, 3.63) is 56.7 Å². The van der Waals surface area contributed by atoms with Gasteiger partial charge in [0.15, 0.2) is 0 Å². The van der Waals surface area contributed by atoms with Gasteiger partial charge in [-0.25, -0.2) is 4.79 Å². The zero-order chi connectivity index (χ0) is 19.9. The maximum absolute atomic E-state index is 12.1. The van der Waals surface area contributed by atoms with E-state index in [0.29, 0.717) is 24.1 Å². The first-order valence-corrected chi connectivity index (χ1v) is 10.3. The fourth-order valence-electron chi connectivity index (χ4n) is 3.22. The number of H-pyrrole nitrogens is 1. The number of nitrogens with zero attached hydrogens (tertiary/aromatic N) is 1. The van der Waals surface area contributed by atoms with Crippen LogP contribution in [0.1, 0.15) is 30.2 Å². The maximum Gasteiger partial charge on any atom is 0.396 e. The van der Waals surface area contributed by atoms with Gasteiger partial charge in [-0.3, -0.25) is 14.1 Å². The smallest absolute Gasteiger partial charge is 0.396 e. The van der Waals surface area contributed by atoms with Crippen LogP contribution in [0.2, 0.25) is 0 Å². The second kappa shape index (κ2) is 7.76. The van der Waals surface area contributed by atoms with Crippen LogP contribution in [0.4, 0.5) is 0 Å². The molecule has 1 aromatic heterocycles. The molecular formula is C17H17B2N2O5PS. The summed E-state index contributed by atoms with van der Waals surface area (Å²) in [6.07, 6.45) is 1.50. The third-order valence-electron chi connectivity index (χ3n) is 4.68. The molecule has 1 saturated heterocycles. The molecule has 28 heavy (non-hydrogen) atoms. The van der Waals surface area contributed by atoms with Gasteiger partial charge in [-0.2, -0.15) is 0 Å². The molecule has 1 aromatic carbocycles. The lowest BCUT2D eigenvalue weighted by Gasteiger charge is -2.36. The van der Waals surface area contributed by atoms with Gasteiger partial charge in [-0.15, -0.1) is 0 Å². The standard InChI is InChI=1S/C17H17B2N2O5PS/c1-10-3-2-4-11-9-23-27(25-15(10)11)26-17(18,19)12-5-6-14(24-12)21-8-7-13(28)20-16(21)22/h2-4,7-8,12,14H,5-6,9H2,1H3,(H,20,22,28). The van der Waals surface area contributed by atoms with Crippen LogP contribution in [0, 0.1) is 11.6 Å². The van der Waals surface area contributed by atoms with Crippen molar-refractivity contribution in [1.82, 2.24) is 9.55 Å². The van der Waals surface area contributed by atoms with Gasteiger partial charge < -0.3 is 13.8 Å². The van der Waals surface area contributed by atoms with Crippen molar-refractivity contribution in [2.24, 2.45) is 0 Å². The molecule has 4 rings (SSSR count). The van der Waals surface area contributed by atoms with Crippen molar-refractivity contribution in [3.8, 4) is 5.75 Å². The van der Waals surface area contributed by atoms with Crippen LogP contribution in [-0.4, -0.2) is 36.7 Å². The fraction of sp³-hybridized carbons (Fsp3) is 0.412. The van der Waals surface area contributed by atoms with Gasteiger partial charge in [0.2, 0.25) is 0 Å². The summed E-state index contributed by atoms with van der Waals surface area (Å²) in [6, 6.07) is 7.44. The average molecular weight is 414 g/mol. The Morgan fingerprint density at radius 3 is 2.96 bits per heavy atom. The van der Waals surface area contributed by atoms with E-state index < -0.39 is 26.3 Å². The molecule has 4 radical (unpaired) electrons. The molecule has 0 amide bonds. The highest BCUT2D eigenvalue weighted by Gasteiger charge is 2.41. The fourth-order valence-corrected chi connectivity index (χ4v) is 4.55. The quantitative estimate of drug-likeness (QED) is 0.472. The molecule has 0 saturated carbocycles. The number of para-hydroxylation sites is 1. The summed E-state index contributed by atoms with van der Waals surface area (Å²) in [6.45, 7) is 2.30. The lowest BCUT2D eigenvalue weighted by Crippen LogP contribution is -2.45. The van der Waals surface area contributed by atoms with E-state index in [9.17, 15) is 4.79 Å². The Balaban J connectivity index is 1.44. The Labute approximate surface area is 171 Å². The molecule has 2 aliphatic rings. The molecule has 0 aliphatic carbocycles. The highest BCUT2D eigenvalue weighted by atomic mass is 32.1. The first kappa shape index (κ1) is 19.9. The van der Waals surface area contributed by atoms with Gasteiger partial charge in [0.05, 0.1) is 12.7 Å². The lowest BCUT2D eigenvalue weighted by molar-refractivity contribution is -0.0469. The summed E-state index contributed by atoms with van der Waals surface area (Å²) >= 11 is 4.95. The second-order valence-electron chi connectivity index (χ2n) is 6.77. The first-order chi connectivity index (χ1) is 13.3. The van der Waals surface area contributed by atoms with Gasteiger partial charge in [0.1, 0.15) is 32.3 Å². The van der Waals surface area contributed by atoms with Crippen LogP contribution >= 0.6 is 20.8 Å². The summed E-state index contributed by atoms with van der Waals surface area (Å²) in [5, 5.41) is -1.63. The SMILES string of the molecule is [B]C([B])(OP1OCc2cccc(C)c2O1)C1CCC(n2ccc(=S)[nH]c2=O)O1. The summed E-state index contributed by atoms with van der Waals surface area (Å²) in [7, 11) is 10.6. The van der Waals surface area contributed by atoms with E-state index in [1.165, 1.54) is 4.57 Å². The zero-order valence-electron chi connectivity index (χ0n) is 15.2. The molecule has 2 aromatic rings. The minimum absolute atomic E-state index is 0.353. The highest BCUT2D eigenvalue weighted by molar-refractivity contribution is 7.71. The summed E-state index contributed by atoms with van der Waals surface area (Å²) in [4.78, 5) is 14.6. The van der Waals surface area contributed by atoms with E-state index in [-0.39, 0.29) is 5.69 Å². The minimum Gasteiger partial charge on any atom is -0.426 e. The molecule has 0 bridgehead atoms. The van der Waals surface area contributed by atoms with Crippen LogP contribution in [0.3, 0.4) is 0 Å². The molecule has 2 aliphatic heterocycles. The number of aromatic amines is 1. The second-order valence-corrected chi connectivity index (χ2v) is 8.28. The summed E-state index contributed by atoms with van der Waals surface area (Å²) in [5.41, 5.74) is 1.57. The Bertz CT molecular complexity index is 998. The van der Waals surface area contributed by atoms with Gasteiger partial charge >= 0.3 is 14.3 Å². The molecule has 1 fully saturated rings. The van der Waals surface area contributed by atoms with Crippen molar-refractivity contribution >= 4 is 36.5 Å². The van der Waals surface area contributed by atoms with Crippen molar-refractivity contribution in [1.29, 1.82) is 0 Å². The average Bonchev–Trinajstić information content (AvgIpc) is 3.13. The largest absolute Gasteiger partial charge is 0.426 e. The third kappa shape index (κ3) is 3.98. The van der Waals surface area contributed by atoms with E-state index in [1.807, 2.05) is 25.1 Å². The number of benzene rings is 1. The normalized spacial score (nSPS) is 24.5. The topological polar surface area (TPSA) is 74.7 Å². The maximum atomic E-state index is 12.1. The predicted molar refractivity (Wildman–Crippen MR) is 108 cm³/mol. The van der Waals surface area contributed by atoms with Crippen LogP contribution in [0.15, 0.2) is 35.3 Å². The van der Waals surface area contributed by atoms with E-state index in [1.54, 1.807) is 12.3 Å². The molecule has 3 unspecified atom stereocenters. The highest BCUT2D eigenvalue weighted by Crippen LogP contribution is 2.51. The van der Waals surface area contributed by atoms with E-state index >= 15 is 0 Å². The zero-order valence-corrected chi connectivity index (χ0v) is 16.9. The molecule has 1 N–H and O–H groups in total. The van der Waals surface area contributed by atoms with Crippen molar-refractivity contribution in [2.45, 2.75) is 44.1 Å². The Morgan fingerprint density at radius 1 is 1.36 bits per heavy atom. The molecular weight excluding hydrogens is 397 g/mol. The Hall–Kier alpha value is -1.44. The van der Waals surface area contributed by atoms with Crippen LogP contribution in [0.25, 0.3) is 0 Å². The van der Waals surface area contributed by atoms with E-state index in [0.717, 1.165) is 16.9 Å². The predicted octanol–water partition coefficient (Wildman–Crippen LogP) is 2.74. The first-order valence-electron chi connectivity index (χ1n) is 8.77. The number of ether oxygens (including phenoxy) is 1. The van der Waals surface area contributed by atoms with Crippen molar-refractivity contribution < 1.29 is 18.3 Å². The number of fused-ring (bicyclic) bond motifs is 1. The third-order valence-corrected chi connectivity index (χ3v) is 6.05. The summed E-state index contributed by atoms with van der Waals surface area (Å²) in [5.74, 6) is 0.729. The van der Waals surface area contributed by atoms with Gasteiger partial charge in [-0.1, -0.05) is 30.4 Å². The molecule has 3 heterocycles. The van der Waals surface area contributed by atoms with E-state index in [4.69, 9.17) is 46.2 Å². The monoisotopic (exact) mass is 414 g/mol. The molecule has 142 valence electrons. The number of aryl methyl sites for hydroxylation is 1. The number of hydrogen-bond donors (Lipinski definition) is 1. The van der Waals surface area contributed by atoms with Crippen molar-refractivity contribution in [2.75, 3.05) is 0 Å². The van der Waals surface area contributed by atoms with Gasteiger partial charge in [-0.05, 0) is 31.4 Å². The summed E-state index contributed by atoms with van der Waals surface area (Å²) < 4.78 is 24.9. The minimum atomic E-state index is -1.78. The van der Waals surface area contributed by atoms with Crippen LogP contribution in [0.5, 0.6) is 5.75 Å². The number of aromatic nitrogens is 2. The van der Waals surface area contributed by atoms with Crippen LogP contribution in [-0.2, 0) is 20.4 Å². The molecule has 0 spiro atoms. The number of rotatable bonds is 4. The Morgan fingerprint density at radius 2 is 2.18 bits per heavy atom. The Kier molecular flexibility index (Phi) is 5.51. The van der Waals surface area contributed by atoms with E-state index in [2.05, 4.69) is 4.98 Å². The van der Waals surface area contributed by atoms with Crippen LogP contribution < -0.4 is 10.2 Å². The molecule has 7 nitrogen and oxygen atoms in total. The molecule has 11 heteroatoms.